The molecule has 0 saturated carbocycles. The van der Waals surface area contributed by atoms with Crippen molar-refractivity contribution in [2.45, 2.75) is 45.4 Å². The van der Waals surface area contributed by atoms with Gasteiger partial charge in [-0.25, -0.2) is 4.79 Å². The van der Waals surface area contributed by atoms with Gasteiger partial charge in [0.05, 0.1) is 32.3 Å². The van der Waals surface area contributed by atoms with E-state index in [1.54, 1.807) is 20.3 Å². The third-order valence-corrected chi connectivity index (χ3v) is 5.18. The lowest BCUT2D eigenvalue weighted by molar-refractivity contribution is -0.139. The first-order valence-corrected chi connectivity index (χ1v) is 9.64. The second-order valence-electron chi connectivity index (χ2n) is 7.01. The van der Waals surface area contributed by atoms with Gasteiger partial charge in [-0.3, -0.25) is 4.79 Å². The summed E-state index contributed by atoms with van der Waals surface area (Å²) < 4.78 is 16.3. The van der Waals surface area contributed by atoms with E-state index in [2.05, 4.69) is 5.32 Å². The van der Waals surface area contributed by atoms with Crippen molar-refractivity contribution in [2.75, 3.05) is 20.8 Å². The van der Waals surface area contributed by atoms with Gasteiger partial charge < -0.3 is 19.5 Å². The van der Waals surface area contributed by atoms with Crippen LogP contribution in [0.15, 0.2) is 40.7 Å². The molecule has 150 valence electrons. The van der Waals surface area contributed by atoms with Gasteiger partial charge in [-0.15, -0.1) is 0 Å². The van der Waals surface area contributed by atoms with Gasteiger partial charge >= 0.3 is 5.97 Å². The molecule has 0 aromatic heterocycles. The Morgan fingerprint density at radius 1 is 1.21 bits per heavy atom. The second-order valence-corrected chi connectivity index (χ2v) is 7.01. The van der Waals surface area contributed by atoms with Crippen LogP contribution in [0.25, 0.3) is 0 Å². The van der Waals surface area contributed by atoms with Crippen molar-refractivity contribution in [1.82, 2.24) is 5.32 Å². The number of hydrogen-bond acceptors (Lipinski definition) is 6. The molecular weight excluding hydrogens is 358 g/mol. The molecule has 0 amide bonds. The maximum Gasteiger partial charge on any atom is 0.336 e. The van der Waals surface area contributed by atoms with E-state index < -0.39 is 11.9 Å². The quantitative estimate of drug-likeness (QED) is 0.754. The molecule has 1 N–H and O–H groups in total. The van der Waals surface area contributed by atoms with E-state index in [9.17, 15) is 9.59 Å². The first-order chi connectivity index (χ1) is 13.5. The molecule has 28 heavy (non-hydrogen) atoms. The van der Waals surface area contributed by atoms with Crippen LogP contribution in [0.4, 0.5) is 0 Å². The van der Waals surface area contributed by atoms with Crippen LogP contribution in [-0.2, 0) is 14.3 Å². The van der Waals surface area contributed by atoms with Crippen LogP contribution in [0, 0.1) is 0 Å². The first kappa shape index (κ1) is 20.0. The molecule has 1 aromatic rings. The number of carbonyl (C=O) groups is 2. The summed E-state index contributed by atoms with van der Waals surface area (Å²) in [7, 11) is 3.16. The lowest BCUT2D eigenvalue weighted by Crippen LogP contribution is -2.34. The van der Waals surface area contributed by atoms with Crippen LogP contribution in [0.1, 0.15) is 51.0 Å². The van der Waals surface area contributed by atoms with Crippen LogP contribution in [-0.4, -0.2) is 32.6 Å². The van der Waals surface area contributed by atoms with E-state index in [1.165, 1.54) is 0 Å². The fourth-order valence-corrected chi connectivity index (χ4v) is 3.89. The first-order valence-electron chi connectivity index (χ1n) is 9.64. The number of nitrogens with one attached hydrogen (secondary N) is 1. The Balaban J connectivity index is 2.17. The van der Waals surface area contributed by atoms with Crippen molar-refractivity contribution in [3.63, 3.8) is 0 Å². The Kier molecular flexibility index (Phi) is 6.07. The average Bonchev–Trinajstić information content (AvgIpc) is 2.70. The van der Waals surface area contributed by atoms with E-state index in [0.717, 1.165) is 36.2 Å². The highest BCUT2D eigenvalue weighted by Crippen LogP contribution is 2.45. The van der Waals surface area contributed by atoms with Crippen molar-refractivity contribution >= 4 is 11.8 Å². The number of ether oxygens (including phenoxy) is 3. The smallest absolute Gasteiger partial charge is 0.336 e. The lowest BCUT2D eigenvalue weighted by atomic mass is 9.75. The van der Waals surface area contributed by atoms with Crippen molar-refractivity contribution in [1.29, 1.82) is 0 Å². The Labute approximate surface area is 165 Å². The summed E-state index contributed by atoms with van der Waals surface area (Å²) in [6.45, 7) is 4.14. The average molecular weight is 385 g/mol. The zero-order valence-electron chi connectivity index (χ0n) is 16.9. The molecule has 1 atom stereocenters. The van der Waals surface area contributed by atoms with Gasteiger partial charge in [0, 0.05) is 35.0 Å². The summed E-state index contributed by atoms with van der Waals surface area (Å²) in [5, 5.41) is 3.29. The van der Waals surface area contributed by atoms with Gasteiger partial charge in [-0.2, -0.15) is 0 Å². The maximum absolute atomic E-state index is 12.9. The normalized spacial score (nSPS) is 19.1. The summed E-state index contributed by atoms with van der Waals surface area (Å²) in [4.78, 5) is 25.8. The molecule has 6 heteroatoms. The standard InChI is InChI=1S/C22H27NO5/c1-5-11-28-22(25)19-13(2)23-16-7-6-8-17(24)21(16)20(19)15-10-9-14(26-3)12-18(15)27-4/h9-10,12,20,23H,5-8,11H2,1-4H3/t20-/m1/s1. The van der Waals surface area contributed by atoms with Crippen LogP contribution in [0.5, 0.6) is 11.5 Å². The number of methoxy groups -OCH3 is 2. The highest BCUT2D eigenvalue weighted by atomic mass is 16.5. The third-order valence-electron chi connectivity index (χ3n) is 5.18. The largest absolute Gasteiger partial charge is 0.497 e. The molecule has 1 aliphatic carbocycles. The van der Waals surface area contributed by atoms with Gasteiger partial charge in [-0.05, 0) is 32.3 Å². The molecular formula is C22H27NO5. The SMILES string of the molecule is CCCOC(=O)C1=C(C)NC2=C(C(=O)CCC2)[C@@H]1c1ccc(OC)cc1OC. The molecule has 6 nitrogen and oxygen atoms in total. The predicted molar refractivity (Wildman–Crippen MR) is 105 cm³/mol. The molecule has 0 fully saturated rings. The molecule has 0 bridgehead atoms. The number of ketones is 1. The van der Waals surface area contributed by atoms with E-state index in [1.807, 2.05) is 26.0 Å². The minimum atomic E-state index is -0.519. The number of dihydropyridines is 1. The van der Waals surface area contributed by atoms with Crippen molar-refractivity contribution < 1.29 is 23.8 Å². The highest BCUT2D eigenvalue weighted by Gasteiger charge is 2.40. The summed E-state index contributed by atoms with van der Waals surface area (Å²) in [5.41, 5.74) is 3.48. The predicted octanol–water partition coefficient (Wildman–Crippen LogP) is 3.62. The van der Waals surface area contributed by atoms with Gasteiger partial charge in [0.1, 0.15) is 11.5 Å². The van der Waals surface area contributed by atoms with E-state index in [-0.39, 0.29) is 5.78 Å². The zero-order chi connectivity index (χ0) is 20.3. The van der Waals surface area contributed by atoms with Crippen LogP contribution in [0.3, 0.4) is 0 Å². The van der Waals surface area contributed by atoms with Gasteiger partial charge in [0.15, 0.2) is 5.78 Å². The van der Waals surface area contributed by atoms with E-state index >= 15 is 0 Å². The van der Waals surface area contributed by atoms with E-state index in [4.69, 9.17) is 14.2 Å². The summed E-state index contributed by atoms with van der Waals surface area (Å²) >= 11 is 0. The fraction of sp³-hybridized carbons (Fsp3) is 0.455. The Bertz CT molecular complexity index is 852. The maximum atomic E-state index is 12.9. The number of hydrogen-bond donors (Lipinski definition) is 1. The molecule has 1 aromatic carbocycles. The van der Waals surface area contributed by atoms with E-state index in [0.29, 0.717) is 35.7 Å². The number of rotatable bonds is 6. The van der Waals surface area contributed by atoms with Crippen molar-refractivity contribution in [2.24, 2.45) is 0 Å². The Hall–Kier alpha value is -2.76. The summed E-state index contributed by atoms with van der Waals surface area (Å²) in [6.07, 6.45) is 2.80. The number of allylic oxidation sites excluding steroid dienone is 3. The van der Waals surface area contributed by atoms with Crippen LogP contribution < -0.4 is 14.8 Å². The molecule has 2 aliphatic rings. The molecule has 0 radical (unpaired) electrons. The summed E-state index contributed by atoms with van der Waals surface area (Å²) in [6, 6.07) is 5.45. The zero-order valence-corrected chi connectivity index (χ0v) is 16.9. The minimum absolute atomic E-state index is 0.0601. The molecule has 1 aliphatic heterocycles. The molecule has 0 unspecified atom stereocenters. The van der Waals surface area contributed by atoms with Gasteiger partial charge in [-0.1, -0.05) is 13.0 Å². The fourth-order valence-electron chi connectivity index (χ4n) is 3.89. The number of carbonyl (C=O) groups excluding carboxylic acids is 2. The monoisotopic (exact) mass is 385 g/mol. The molecule has 1 heterocycles. The lowest BCUT2D eigenvalue weighted by Gasteiger charge is -2.34. The van der Waals surface area contributed by atoms with Crippen LogP contribution >= 0.6 is 0 Å². The van der Waals surface area contributed by atoms with Crippen LogP contribution in [0.2, 0.25) is 0 Å². The molecule has 0 spiro atoms. The van der Waals surface area contributed by atoms with Crippen molar-refractivity contribution in [3.05, 3.63) is 46.3 Å². The van der Waals surface area contributed by atoms with Crippen molar-refractivity contribution in [3.8, 4) is 11.5 Å². The van der Waals surface area contributed by atoms with Gasteiger partial charge in [0.25, 0.3) is 0 Å². The third kappa shape index (κ3) is 3.63. The number of esters is 1. The number of benzene rings is 1. The molecule has 0 saturated heterocycles. The molecule has 3 rings (SSSR count). The second kappa shape index (κ2) is 8.50. The Morgan fingerprint density at radius 3 is 2.68 bits per heavy atom. The topological polar surface area (TPSA) is 73.9 Å². The highest BCUT2D eigenvalue weighted by molar-refractivity contribution is 6.04. The number of Topliss-reactive ketones (excluding diaryl/α,β-unsaturated/α-hetero) is 1. The summed E-state index contributed by atoms with van der Waals surface area (Å²) in [5.74, 6) is 0.360. The van der Waals surface area contributed by atoms with Gasteiger partial charge in [0.2, 0.25) is 0 Å². The minimum Gasteiger partial charge on any atom is -0.497 e. The Morgan fingerprint density at radius 2 is 2.00 bits per heavy atom.